The van der Waals surface area contributed by atoms with E-state index in [9.17, 15) is 4.79 Å². The Morgan fingerprint density at radius 2 is 2.11 bits per heavy atom. The van der Waals surface area contributed by atoms with Crippen molar-refractivity contribution in [2.45, 2.75) is 6.92 Å². The molecule has 0 unspecified atom stereocenters. The van der Waals surface area contributed by atoms with Crippen LogP contribution in [0.2, 0.25) is 4.34 Å². The predicted octanol–water partition coefficient (Wildman–Crippen LogP) is 3.60. The normalized spacial score (nSPS) is 10.2. The summed E-state index contributed by atoms with van der Waals surface area (Å²) >= 11 is 12.0. The molecule has 0 bridgehead atoms. The minimum atomic E-state index is -0.194. The average molecular weight is 311 g/mol. The van der Waals surface area contributed by atoms with Crippen molar-refractivity contribution in [3.8, 4) is 0 Å². The van der Waals surface area contributed by atoms with E-state index in [1.54, 1.807) is 18.2 Å². The van der Waals surface area contributed by atoms with Gasteiger partial charge in [0.25, 0.3) is 5.91 Å². The van der Waals surface area contributed by atoms with Gasteiger partial charge in [-0.05, 0) is 30.7 Å². The Bertz CT molecular complexity index is 652. The van der Waals surface area contributed by atoms with Gasteiger partial charge in [-0.3, -0.25) is 4.79 Å². The molecule has 0 radical (unpaired) electrons. The molecule has 98 valence electrons. The first kappa shape index (κ1) is 14.0. The second kappa shape index (κ2) is 5.69. The van der Waals surface area contributed by atoms with Crippen molar-refractivity contribution in [3.05, 3.63) is 50.7 Å². The van der Waals surface area contributed by atoms with Gasteiger partial charge >= 0.3 is 0 Å². The monoisotopic (exact) mass is 310 g/mol. The van der Waals surface area contributed by atoms with E-state index in [1.807, 2.05) is 19.1 Å². The van der Waals surface area contributed by atoms with E-state index in [0.717, 1.165) is 11.1 Å². The second-order valence-electron chi connectivity index (χ2n) is 3.95. The Morgan fingerprint density at radius 3 is 2.68 bits per heavy atom. The van der Waals surface area contributed by atoms with Crippen LogP contribution in [0.5, 0.6) is 0 Å². The lowest BCUT2D eigenvalue weighted by molar-refractivity contribution is 0.103. The van der Waals surface area contributed by atoms with Crippen molar-refractivity contribution in [1.29, 1.82) is 0 Å². The lowest BCUT2D eigenvalue weighted by Gasteiger charge is -2.09. The first-order valence-electron chi connectivity index (χ1n) is 5.44. The summed E-state index contributed by atoms with van der Waals surface area (Å²) in [7, 11) is 0. The van der Waals surface area contributed by atoms with Crippen molar-refractivity contribution in [2.75, 3.05) is 5.32 Å². The number of hydrogen-bond donors (Lipinski definition) is 2. The molecule has 1 aromatic heterocycles. The number of hydrogen-bond acceptors (Lipinski definition) is 3. The van der Waals surface area contributed by atoms with Gasteiger partial charge in [0.2, 0.25) is 0 Å². The van der Waals surface area contributed by atoms with Crippen LogP contribution < -0.4 is 11.1 Å². The van der Waals surface area contributed by atoms with Gasteiger partial charge in [0.1, 0.15) is 4.99 Å². The third-order valence-electron chi connectivity index (χ3n) is 2.57. The topological polar surface area (TPSA) is 55.1 Å². The molecule has 0 saturated heterocycles. The van der Waals surface area contributed by atoms with Crippen molar-refractivity contribution in [3.63, 3.8) is 0 Å². The van der Waals surface area contributed by atoms with Crippen LogP contribution in [-0.4, -0.2) is 10.9 Å². The van der Waals surface area contributed by atoms with Crippen LogP contribution >= 0.6 is 35.2 Å². The number of thiophene rings is 1. The molecule has 0 aliphatic heterocycles. The van der Waals surface area contributed by atoms with E-state index in [-0.39, 0.29) is 5.91 Å². The van der Waals surface area contributed by atoms with Crippen molar-refractivity contribution in [2.24, 2.45) is 5.73 Å². The largest absolute Gasteiger partial charge is 0.389 e. The highest BCUT2D eigenvalue weighted by molar-refractivity contribution is 7.80. The quantitative estimate of drug-likeness (QED) is 0.852. The first-order chi connectivity index (χ1) is 8.97. The Morgan fingerprint density at radius 1 is 1.37 bits per heavy atom. The van der Waals surface area contributed by atoms with Crippen LogP contribution in [-0.2, 0) is 0 Å². The molecule has 0 aliphatic rings. The molecule has 6 heteroatoms. The van der Waals surface area contributed by atoms with E-state index in [1.165, 1.54) is 11.3 Å². The summed E-state index contributed by atoms with van der Waals surface area (Å²) in [6.45, 7) is 1.90. The predicted molar refractivity (Wildman–Crippen MR) is 84.3 cm³/mol. The molecular weight excluding hydrogens is 300 g/mol. The van der Waals surface area contributed by atoms with Gasteiger partial charge in [0, 0.05) is 11.3 Å². The fourth-order valence-electron chi connectivity index (χ4n) is 1.53. The van der Waals surface area contributed by atoms with E-state index < -0.39 is 0 Å². The molecule has 3 N–H and O–H groups in total. The molecule has 19 heavy (non-hydrogen) atoms. The minimum absolute atomic E-state index is 0.194. The number of anilines is 1. The van der Waals surface area contributed by atoms with Gasteiger partial charge in [-0.1, -0.05) is 36.0 Å². The zero-order valence-corrected chi connectivity index (χ0v) is 12.5. The molecule has 2 aromatic rings. The SMILES string of the molecule is Cc1ccc(C(N)=S)cc1NC(=O)c1ccc(Cl)s1. The summed E-state index contributed by atoms with van der Waals surface area (Å²) in [6.07, 6.45) is 0. The van der Waals surface area contributed by atoms with E-state index >= 15 is 0 Å². The molecule has 0 atom stereocenters. The zero-order chi connectivity index (χ0) is 14.0. The molecule has 1 aromatic carbocycles. The van der Waals surface area contributed by atoms with Crippen LogP contribution in [0, 0.1) is 6.92 Å². The fraction of sp³-hybridized carbons (Fsp3) is 0.0769. The number of benzene rings is 1. The number of thiocarbonyl (C=S) groups is 1. The molecule has 2 rings (SSSR count). The lowest BCUT2D eigenvalue weighted by Crippen LogP contribution is -2.14. The van der Waals surface area contributed by atoms with Crippen molar-refractivity contribution >= 4 is 51.7 Å². The molecule has 0 saturated carbocycles. The summed E-state index contributed by atoms with van der Waals surface area (Å²) in [5.74, 6) is -0.194. The molecule has 1 heterocycles. The molecule has 1 amide bonds. The van der Waals surface area contributed by atoms with Crippen molar-refractivity contribution in [1.82, 2.24) is 0 Å². The second-order valence-corrected chi connectivity index (χ2v) is 6.11. The maximum absolute atomic E-state index is 12.0. The minimum Gasteiger partial charge on any atom is -0.389 e. The number of rotatable bonds is 3. The van der Waals surface area contributed by atoms with Crippen LogP contribution in [0.4, 0.5) is 5.69 Å². The number of carbonyl (C=O) groups is 1. The summed E-state index contributed by atoms with van der Waals surface area (Å²) in [6, 6.07) is 8.85. The van der Waals surface area contributed by atoms with Gasteiger partial charge in [0.15, 0.2) is 0 Å². The van der Waals surface area contributed by atoms with Crippen LogP contribution in [0.15, 0.2) is 30.3 Å². The van der Waals surface area contributed by atoms with Gasteiger partial charge < -0.3 is 11.1 Å². The fourth-order valence-corrected chi connectivity index (χ4v) is 2.60. The van der Waals surface area contributed by atoms with Crippen LogP contribution in [0.25, 0.3) is 0 Å². The Labute approximate surface area is 125 Å². The summed E-state index contributed by atoms with van der Waals surface area (Å²) in [5, 5.41) is 2.83. The summed E-state index contributed by atoms with van der Waals surface area (Å²) in [5.41, 5.74) is 7.94. The van der Waals surface area contributed by atoms with Crippen LogP contribution in [0.3, 0.4) is 0 Å². The third kappa shape index (κ3) is 3.32. The number of halogens is 1. The van der Waals surface area contributed by atoms with Gasteiger partial charge in [0.05, 0.1) is 9.21 Å². The smallest absolute Gasteiger partial charge is 0.265 e. The highest BCUT2D eigenvalue weighted by Gasteiger charge is 2.11. The Balaban J connectivity index is 2.25. The average Bonchev–Trinajstić information content (AvgIpc) is 2.78. The lowest BCUT2D eigenvalue weighted by atomic mass is 10.1. The standard InChI is InChI=1S/C13H11ClN2OS2/c1-7-2-3-8(12(15)18)6-9(7)16-13(17)10-4-5-11(14)19-10/h2-6H,1H3,(H2,15,18)(H,16,17). The molecule has 3 nitrogen and oxygen atoms in total. The summed E-state index contributed by atoms with van der Waals surface area (Å²) in [4.78, 5) is 12.9. The molecular formula is C13H11ClN2OS2. The number of amides is 1. The maximum atomic E-state index is 12.0. The molecule has 0 spiro atoms. The van der Waals surface area contributed by atoms with Gasteiger partial charge in [-0.25, -0.2) is 0 Å². The Hall–Kier alpha value is -1.43. The molecule has 0 fully saturated rings. The Kier molecular flexibility index (Phi) is 4.19. The number of carbonyl (C=O) groups excluding carboxylic acids is 1. The van der Waals surface area contributed by atoms with Crippen LogP contribution in [0.1, 0.15) is 20.8 Å². The van der Waals surface area contributed by atoms with E-state index in [0.29, 0.717) is 19.9 Å². The number of nitrogens with two attached hydrogens (primary N) is 1. The maximum Gasteiger partial charge on any atom is 0.265 e. The molecule has 0 aliphatic carbocycles. The van der Waals surface area contributed by atoms with E-state index in [2.05, 4.69) is 5.32 Å². The number of aryl methyl sites for hydroxylation is 1. The van der Waals surface area contributed by atoms with Gasteiger partial charge in [-0.15, -0.1) is 11.3 Å². The zero-order valence-electron chi connectivity index (χ0n) is 10.1. The summed E-state index contributed by atoms with van der Waals surface area (Å²) < 4.78 is 0.582. The van der Waals surface area contributed by atoms with Crippen molar-refractivity contribution < 1.29 is 4.79 Å². The highest BCUT2D eigenvalue weighted by atomic mass is 35.5. The van der Waals surface area contributed by atoms with Gasteiger partial charge in [-0.2, -0.15) is 0 Å². The third-order valence-corrected chi connectivity index (χ3v) is 4.03. The first-order valence-corrected chi connectivity index (χ1v) is 7.05. The number of nitrogens with one attached hydrogen (secondary N) is 1. The highest BCUT2D eigenvalue weighted by Crippen LogP contribution is 2.23. The van der Waals surface area contributed by atoms with E-state index in [4.69, 9.17) is 29.6 Å².